The maximum absolute atomic E-state index is 9.07. The summed E-state index contributed by atoms with van der Waals surface area (Å²) in [7, 11) is 0. The van der Waals surface area contributed by atoms with Gasteiger partial charge in [-0.15, -0.1) is 11.3 Å². The summed E-state index contributed by atoms with van der Waals surface area (Å²) >= 11 is 1.81. The van der Waals surface area contributed by atoms with Gasteiger partial charge in [-0.3, -0.25) is 0 Å². The first-order valence-electron chi connectivity index (χ1n) is 5.18. The average Bonchev–Trinajstić information content (AvgIpc) is 2.59. The minimum absolute atomic E-state index is 0.198. The third-order valence-corrected chi connectivity index (χ3v) is 3.21. The first-order valence-corrected chi connectivity index (χ1v) is 6.06. The normalized spacial score (nSPS) is 13.1. The van der Waals surface area contributed by atoms with Crippen LogP contribution in [0.5, 0.6) is 0 Å². The summed E-state index contributed by atoms with van der Waals surface area (Å²) in [5.41, 5.74) is 1.44. The molecule has 1 heterocycles. The Morgan fingerprint density at radius 3 is 3.00 bits per heavy atom. The fourth-order valence-corrected chi connectivity index (χ4v) is 2.30. The highest BCUT2D eigenvalue weighted by atomic mass is 32.1. The molecule has 2 nitrogen and oxygen atoms in total. The van der Waals surface area contributed by atoms with Gasteiger partial charge in [0.25, 0.3) is 0 Å². The van der Waals surface area contributed by atoms with Crippen LogP contribution in [0.2, 0.25) is 0 Å². The summed E-state index contributed by atoms with van der Waals surface area (Å²) in [5.74, 6) is 0. The van der Waals surface area contributed by atoms with Crippen molar-refractivity contribution in [3.8, 4) is 0 Å². The SMILES string of the molecule is CCc1ccsc1CNCCC(C)O. The van der Waals surface area contributed by atoms with Crippen LogP contribution in [0.3, 0.4) is 0 Å². The topological polar surface area (TPSA) is 32.3 Å². The van der Waals surface area contributed by atoms with Gasteiger partial charge in [0.1, 0.15) is 0 Å². The summed E-state index contributed by atoms with van der Waals surface area (Å²) in [6.07, 6.45) is 1.74. The highest BCUT2D eigenvalue weighted by Gasteiger charge is 2.01. The van der Waals surface area contributed by atoms with Crippen molar-refractivity contribution >= 4 is 11.3 Å². The van der Waals surface area contributed by atoms with E-state index >= 15 is 0 Å². The zero-order valence-corrected chi connectivity index (χ0v) is 9.73. The Bertz CT molecular complexity index is 258. The molecule has 0 saturated carbocycles. The molecular weight excluding hydrogens is 194 g/mol. The Kier molecular flexibility index (Phi) is 5.15. The maximum atomic E-state index is 9.07. The summed E-state index contributed by atoms with van der Waals surface area (Å²) in [6, 6.07) is 2.19. The Morgan fingerprint density at radius 1 is 1.57 bits per heavy atom. The predicted molar refractivity (Wildman–Crippen MR) is 61.7 cm³/mol. The molecule has 0 bridgehead atoms. The van der Waals surface area contributed by atoms with Gasteiger partial charge in [0.05, 0.1) is 6.10 Å². The predicted octanol–water partition coefficient (Wildman–Crippen LogP) is 2.17. The Morgan fingerprint density at radius 2 is 2.36 bits per heavy atom. The van der Waals surface area contributed by atoms with Gasteiger partial charge in [0.15, 0.2) is 0 Å². The summed E-state index contributed by atoms with van der Waals surface area (Å²) in [5, 5.41) is 14.6. The van der Waals surface area contributed by atoms with Crippen LogP contribution in [0.25, 0.3) is 0 Å². The monoisotopic (exact) mass is 213 g/mol. The molecule has 1 aromatic heterocycles. The van der Waals surface area contributed by atoms with E-state index in [0.717, 1.165) is 25.9 Å². The lowest BCUT2D eigenvalue weighted by molar-refractivity contribution is 0.183. The quantitative estimate of drug-likeness (QED) is 0.710. The van der Waals surface area contributed by atoms with Gasteiger partial charge in [0.2, 0.25) is 0 Å². The lowest BCUT2D eigenvalue weighted by Crippen LogP contribution is -2.18. The van der Waals surface area contributed by atoms with Crippen LogP contribution >= 0.6 is 11.3 Å². The molecule has 80 valence electrons. The van der Waals surface area contributed by atoms with Crippen molar-refractivity contribution in [3.63, 3.8) is 0 Å². The summed E-state index contributed by atoms with van der Waals surface area (Å²) < 4.78 is 0. The van der Waals surface area contributed by atoms with E-state index in [1.54, 1.807) is 0 Å². The van der Waals surface area contributed by atoms with Gasteiger partial charge in [0, 0.05) is 11.4 Å². The number of aliphatic hydroxyl groups is 1. The van der Waals surface area contributed by atoms with Crippen LogP contribution in [0.1, 0.15) is 30.7 Å². The lowest BCUT2D eigenvalue weighted by Gasteiger charge is -2.06. The van der Waals surface area contributed by atoms with Crippen LogP contribution in [0.4, 0.5) is 0 Å². The number of hydrogen-bond donors (Lipinski definition) is 2. The van der Waals surface area contributed by atoms with E-state index in [2.05, 4.69) is 23.7 Å². The second kappa shape index (κ2) is 6.17. The minimum atomic E-state index is -0.198. The van der Waals surface area contributed by atoms with Crippen LogP contribution in [-0.2, 0) is 13.0 Å². The molecule has 1 rings (SSSR count). The zero-order valence-electron chi connectivity index (χ0n) is 8.92. The second-order valence-corrected chi connectivity index (χ2v) is 4.54. The summed E-state index contributed by atoms with van der Waals surface area (Å²) in [6.45, 7) is 5.83. The molecule has 0 aliphatic heterocycles. The van der Waals surface area contributed by atoms with Crippen LogP contribution in [-0.4, -0.2) is 17.8 Å². The number of aryl methyl sites for hydroxylation is 1. The molecule has 0 saturated heterocycles. The largest absolute Gasteiger partial charge is 0.393 e. The smallest absolute Gasteiger partial charge is 0.0524 e. The van der Waals surface area contributed by atoms with Crippen molar-refractivity contribution in [2.24, 2.45) is 0 Å². The molecule has 2 N–H and O–H groups in total. The number of aliphatic hydroxyl groups excluding tert-OH is 1. The first kappa shape index (κ1) is 11.7. The molecule has 0 fully saturated rings. The maximum Gasteiger partial charge on any atom is 0.0524 e. The molecule has 0 radical (unpaired) electrons. The fourth-order valence-electron chi connectivity index (χ4n) is 1.35. The van der Waals surface area contributed by atoms with Crippen LogP contribution in [0, 0.1) is 0 Å². The Labute approximate surface area is 90.0 Å². The van der Waals surface area contributed by atoms with Gasteiger partial charge in [-0.25, -0.2) is 0 Å². The number of nitrogens with one attached hydrogen (secondary N) is 1. The molecule has 0 spiro atoms. The van der Waals surface area contributed by atoms with Crippen molar-refractivity contribution in [2.45, 2.75) is 39.3 Å². The van der Waals surface area contributed by atoms with E-state index in [0.29, 0.717) is 0 Å². The molecule has 0 amide bonds. The first-order chi connectivity index (χ1) is 6.74. The second-order valence-electron chi connectivity index (χ2n) is 3.54. The molecule has 0 aliphatic carbocycles. The Hall–Kier alpha value is -0.380. The number of rotatable bonds is 6. The Balaban J connectivity index is 2.24. The average molecular weight is 213 g/mol. The zero-order chi connectivity index (χ0) is 10.4. The standard InChI is InChI=1S/C11H19NOS/c1-3-10-5-7-14-11(10)8-12-6-4-9(2)13/h5,7,9,12-13H,3-4,6,8H2,1-2H3. The van der Waals surface area contributed by atoms with Crippen molar-refractivity contribution in [2.75, 3.05) is 6.54 Å². The summed E-state index contributed by atoms with van der Waals surface area (Å²) in [4.78, 5) is 1.43. The lowest BCUT2D eigenvalue weighted by atomic mass is 10.2. The molecule has 1 aromatic rings. The van der Waals surface area contributed by atoms with Crippen LogP contribution in [0.15, 0.2) is 11.4 Å². The highest BCUT2D eigenvalue weighted by molar-refractivity contribution is 7.10. The van der Waals surface area contributed by atoms with Gasteiger partial charge < -0.3 is 10.4 Å². The van der Waals surface area contributed by atoms with E-state index in [1.807, 2.05) is 18.3 Å². The van der Waals surface area contributed by atoms with Crippen molar-refractivity contribution in [3.05, 3.63) is 21.9 Å². The number of thiophene rings is 1. The molecular formula is C11H19NOS. The molecule has 0 aliphatic rings. The van der Waals surface area contributed by atoms with Crippen molar-refractivity contribution in [1.29, 1.82) is 0 Å². The van der Waals surface area contributed by atoms with Crippen molar-refractivity contribution in [1.82, 2.24) is 5.32 Å². The van der Waals surface area contributed by atoms with E-state index in [9.17, 15) is 0 Å². The van der Waals surface area contributed by atoms with E-state index in [-0.39, 0.29) is 6.10 Å². The molecule has 0 aromatic carbocycles. The van der Waals surface area contributed by atoms with Crippen molar-refractivity contribution < 1.29 is 5.11 Å². The number of hydrogen-bond acceptors (Lipinski definition) is 3. The fraction of sp³-hybridized carbons (Fsp3) is 0.636. The van der Waals surface area contributed by atoms with E-state index in [1.165, 1.54) is 10.4 Å². The minimum Gasteiger partial charge on any atom is -0.393 e. The molecule has 1 atom stereocenters. The third-order valence-electron chi connectivity index (χ3n) is 2.24. The highest BCUT2D eigenvalue weighted by Crippen LogP contribution is 2.16. The van der Waals surface area contributed by atoms with Gasteiger partial charge in [-0.1, -0.05) is 6.92 Å². The van der Waals surface area contributed by atoms with E-state index < -0.39 is 0 Å². The van der Waals surface area contributed by atoms with E-state index in [4.69, 9.17) is 5.11 Å². The molecule has 3 heteroatoms. The van der Waals surface area contributed by atoms with Gasteiger partial charge >= 0.3 is 0 Å². The van der Waals surface area contributed by atoms with Gasteiger partial charge in [-0.2, -0.15) is 0 Å². The molecule has 1 unspecified atom stereocenters. The third kappa shape index (κ3) is 3.78. The molecule has 14 heavy (non-hydrogen) atoms. The van der Waals surface area contributed by atoms with Crippen LogP contribution < -0.4 is 5.32 Å². The van der Waals surface area contributed by atoms with Gasteiger partial charge in [-0.05, 0) is 43.3 Å².